The molecule has 0 radical (unpaired) electrons. The third-order valence-electron chi connectivity index (χ3n) is 5.92. The van der Waals surface area contributed by atoms with Crippen molar-refractivity contribution < 1.29 is 19.0 Å². The van der Waals surface area contributed by atoms with E-state index < -0.39 is 11.7 Å². The largest absolute Gasteiger partial charge is 0.438 e. The van der Waals surface area contributed by atoms with Crippen LogP contribution in [0.25, 0.3) is 10.6 Å². The summed E-state index contributed by atoms with van der Waals surface area (Å²) in [6.07, 6.45) is 2.95. The van der Waals surface area contributed by atoms with Gasteiger partial charge in [-0.1, -0.05) is 36.4 Å². The van der Waals surface area contributed by atoms with Crippen LogP contribution in [0.5, 0.6) is 0 Å². The van der Waals surface area contributed by atoms with Gasteiger partial charge in [-0.15, -0.1) is 11.3 Å². The summed E-state index contributed by atoms with van der Waals surface area (Å²) >= 11 is 1.59. The number of aromatic nitrogens is 1. The smallest absolute Gasteiger partial charge is 0.411 e. The summed E-state index contributed by atoms with van der Waals surface area (Å²) in [6.45, 7) is 2.50. The van der Waals surface area contributed by atoms with E-state index in [0.717, 1.165) is 21.7 Å². The van der Waals surface area contributed by atoms with Crippen LogP contribution in [0.15, 0.2) is 60.1 Å². The van der Waals surface area contributed by atoms with Gasteiger partial charge in [-0.25, -0.2) is 14.2 Å². The summed E-state index contributed by atoms with van der Waals surface area (Å²) in [6, 6.07) is 14.0. The number of cyclic esters (lactones) is 1. The van der Waals surface area contributed by atoms with Gasteiger partial charge in [0, 0.05) is 36.7 Å². The number of ether oxygens (including phenoxy) is 1. The Kier molecular flexibility index (Phi) is 6.34. The van der Waals surface area contributed by atoms with E-state index >= 15 is 0 Å². The molecule has 3 aromatic rings. The number of benzene rings is 2. The van der Waals surface area contributed by atoms with E-state index in [2.05, 4.69) is 4.98 Å². The molecule has 162 valence electrons. The van der Waals surface area contributed by atoms with E-state index in [9.17, 15) is 14.3 Å². The number of nitrogens with zero attached hydrogens (tertiary/aromatic N) is 2. The molecule has 1 amide bonds. The molecule has 2 aromatic carbocycles. The van der Waals surface area contributed by atoms with Crippen molar-refractivity contribution in [1.29, 1.82) is 0 Å². The van der Waals surface area contributed by atoms with E-state index in [1.54, 1.807) is 34.6 Å². The lowest BCUT2D eigenvalue weighted by atomic mass is 9.84. The molecule has 1 aliphatic rings. The molecule has 2 heterocycles. The highest BCUT2D eigenvalue weighted by molar-refractivity contribution is 7.13. The van der Waals surface area contributed by atoms with E-state index in [4.69, 9.17) is 4.74 Å². The Morgan fingerprint density at radius 2 is 1.97 bits per heavy atom. The molecule has 1 aromatic heterocycles. The third-order valence-corrected chi connectivity index (χ3v) is 6.74. The van der Waals surface area contributed by atoms with Crippen molar-refractivity contribution in [3.05, 3.63) is 77.1 Å². The van der Waals surface area contributed by atoms with Crippen molar-refractivity contribution in [2.24, 2.45) is 0 Å². The van der Waals surface area contributed by atoms with Crippen molar-refractivity contribution in [2.45, 2.75) is 37.8 Å². The minimum Gasteiger partial charge on any atom is -0.438 e. The highest BCUT2D eigenvalue weighted by Crippen LogP contribution is 2.40. The molecule has 4 rings (SSSR count). The van der Waals surface area contributed by atoms with Gasteiger partial charge in [0.15, 0.2) is 0 Å². The maximum atomic E-state index is 13.4. The Bertz CT molecular complexity index is 1010. The first-order chi connectivity index (χ1) is 15.0. The first-order valence-corrected chi connectivity index (χ1v) is 11.3. The summed E-state index contributed by atoms with van der Waals surface area (Å²) in [4.78, 5) is 19.1. The second kappa shape index (κ2) is 9.16. The predicted molar refractivity (Wildman–Crippen MR) is 118 cm³/mol. The monoisotopic (exact) mass is 440 g/mol. The summed E-state index contributed by atoms with van der Waals surface area (Å²) < 4.78 is 19.4. The summed E-state index contributed by atoms with van der Waals surface area (Å²) in [5, 5.41) is 12.2. The number of thiazole rings is 1. The molecule has 0 saturated carbocycles. The van der Waals surface area contributed by atoms with Crippen LogP contribution >= 0.6 is 11.3 Å². The highest BCUT2D eigenvalue weighted by atomic mass is 32.1. The van der Waals surface area contributed by atoms with E-state index in [-0.39, 0.29) is 18.5 Å². The van der Waals surface area contributed by atoms with Crippen LogP contribution in [0.1, 0.15) is 43.4 Å². The van der Waals surface area contributed by atoms with Crippen LogP contribution < -0.4 is 0 Å². The lowest BCUT2D eigenvalue weighted by Crippen LogP contribution is -2.48. The quantitative estimate of drug-likeness (QED) is 0.525. The standard InChI is InChI=1S/C24H25FN2O3S/c1-17(18-3-5-19(6-4-18)22-26-13-16-31-22)27-14-12-24(11-2-15-28,30-23(27)29)20-7-9-21(25)10-8-20/h3-10,13,16-17,28H,2,11-12,14-15H2,1H3/t17-,24?/m0/s1. The zero-order valence-corrected chi connectivity index (χ0v) is 18.1. The molecular weight excluding hydrogens is 415 g/mol. The minimum atomic E-state index is -0.849. The lowest BCUT2D eigenvalue weighted by molar-refractivity contribution is -0.0680. The number of carbonyl (C=O) groups is 1. The fourth-order valence-corrected chi connectivity index (χ4v) is 4.76. The molecule has 1 unspecified atom stereocenters. The number of amides is 1. The first kappa shape index (κ1) is 21.5. The molecule has 7 heteroatoms. The van der Waals surface area contributed by atoms with Crippen molar-refractivity contribution in [2.75, 3.05) is 13.2 Å². The summed E-state index contributed by atoms with van der Waals surface area (Å²) in [5.74, 6) is -0.334. The van der Waals surface area contributed by atoms with E-state index in [1.807, 2.05) is 36.6 Å². The van der Waals surface area contributed by atoms with Crippen LogP contribution in [0.2, 0.25) is 0 Å². The second-order valence-corrected chi connectivity index (χ2v) is 8.67. The molecule has 1 fully saturated rings. The van der Waals surface area contributed by atoms with Gasteiger partial charge in [0.25, 0.3) is 0 Å². The molecule has 1 N–H and O–H groups in total. The van der Waals surface area contributed by atoms with Crippen LogP contribution in [0, 0.1) is 5.82 Å². The third kappa shape index (κ3) is 4.48. The van der Waals surface area contributed by atoms with E-state index in [0.29, 0.717) is 25.8 Å². The Balaban J connectivity index is 1.51. The fourth-order valence-electron chi connectivity index (χ4n) is 4.11. The summed E-state index contributed by atoms with van der Waals surface area (Å²) in [7, 11) is 0. The SMILES string of the molecule is C[C@@H](c1ccc(-c2nccs2)cc1)N1CCC(CCCO)(c2ccc(F)cc2)OC1=O. The predicted octanol–water partition coefficient (Wildman–Crippen LogP) is 5.52. The van der Waals surface area contributed by atoms with Crippen molar-refractivity contribution in [3.8, 4) is 10.6 Å². The van der Waals surface area contributed by atoms with Crippen LogP contribution in [-0.2, 0) is 10.3 Å². The zero-order valence-electron chi connectivity index (χ0n) is 17.3. The molecule has 31 heavy (non-hydrogen) atoms. The van der Waals surface area contributed by atoms with Crippen LogP contribution in [0.4, 0.5) is 9.18 Å². The van der Waals surface area contributed by atoms with Gasteiger partial charge in [0.2, 0.25) is 0 Å². The zero-order chi connectivity index (χ0) is 21.8. The van der Waals surface area contributed by atoms with Gasteiger partial charge in [0.05, 0.1) is 6.04 Å². The second-order valence-electron chi connectivity index (χ2n) is 7.77. The number of carbonyl (C=O) groups excluding carboxylic acids is 1. The number of aliphatic hydroxyl groups excluding tert-OH is 1. The Morgan fingerprint density at radius 3 is 2.58 bits per heavy atom. The van der Waals surface area contributed by atoms with Gasteiger partial charge in [-0.3, -0.25) is 0 Å². The molecule has 2 atom stereocenters. The normalized spacial score (nSPS) is 19.8. The highest BCUT2D eigenvalue weighted by Gasteiger charge is 2.43. The molecule has 5 nitrogen and oxygen atoms in total. The van der Waals surface area contributed by atoms with Gasteiger partial charge < -0.3 is 14.7 Å². The Labute approximate surface area is 185 Å². The van der Waals surface area contributed by atoms with Crippen LogP contribution in [-0.4, -0.2) is 34.2 Å². The maximum absolute atomic E-state index is 13.4. The topological polar surface area (TPSA) is 62.7 Å². The fraction of sp³-hybridized carbons (Fsp3) is 0.333. The van der Waals surface area contributed by atoms with Gasteiger partial charge in [-0.2, -0.15) is 0 Å². The lowest BCUT2D eigenvalue weighted by Gasteiger charge is -2.43. The summed E-state index contributed by atoms with van der Waals surface area (Å²) in [5.41, 5.74) is 1.97. The molecule has 0 spiro atoms. The van der Waals surface area contributed by atoms with Crippen LogP contribution in [0.3, 0.4) is 0 Å². The number of rotatable bonds is 7. The van der Waals surface area contributed by atoms with Gasteiger partial charge in [-0.05, 0) is 43.0 Å². The number of halogens is 1. The van der Waals surface area contributed by atoms with Crippen molar-refractivity contribution in [3.63, 3.8) is 0 Å². The molecule has 1 saturated heterocycles. The number of hydrogen-bond donors (Lipinski definition) is 1. The molecular formula is C24H25FN2O3S. The average molecular weight is 441 g/mol. The van der Waals surface area contributed by atoms with Gasteiger partial charge in [0.1, 0.15) is 16.4 Å². The van der Waals surface area contributed by atoms with E-state index in [1.165, 1.54) is 12.1 Å². The molecule has 0 bridgehead atoms. The number of aliphatic hydroxyl groups is 1. The molecule has 0 aliphatic carbocycles. The first-order valence-electron chi connectivity index (χ1n) is 10.4. The maximum Gasteiger partial charge on any atom is 0.411 e. The van der Waals surface area contributed by atoms with Crippen molar-refractivity contribution >= 4 is 17.4 Å². The van der Waals surface area contributed by atoms with Gasteiger partial charge >= 0.3 is 6.09 Å². The Morgan fingerprint density at radius 1 is 1.23 bits per heavy atom. The number of hydrogen-bond acceptors (Lipinski definition) is 5. The minimum absolute atomic E-state index is 0.00601. The van der Waals surface area contributed by atoms with Crippen molar-refractivity contribution in [1.82, 2.24) is 9.88 Å². The Hall–Kier alpha value is -2.77. The average Bonchev–Trinajstić information content (AvgIpc) is 3.33. The molecule has 1 aliphatic heterocycles.